The lowest BCUT2D eigenvalue weighted by Gasteiger charge is -2.33. The number of rotatable bonds is 4. The van der Waals surface area contributed by atoms with Gasteiger partial charge in [0.1, 0.15) is 0 Å². The van der Waals surface area contributed by atoms with Crippen LogP contribution >= 0.6 is 15.9 Å². The van der Waals surface area contributed by atoms with Crippen LogP contribution in [0, 0.1) is 0 Å². The van der Waals surface area contributed by atoms with Crippen molar-refractivity contribution in [3.05, 3.63) is 46.9 Å². The summed E-state index contributed by atoms with van der Waals surface area (Å²) in [6.45, 7) is 0.454. The van der Waals surface area contributed by atoms with Gasteiger partial charge in [0.05, 0.1) is 17.1 Å². The minimum Gasteiger partial charge on any atom is -0.453 e. The second kappa shape index (κ2) is 5.91. The number of halogens is 1. The number of anilines is 2. The summed E-state index contributed by atoms with van der Waals surface area (Å²) in [5.41, 5.74) is 1.73. The van der Waals surface area contributed by atoms with Crippen molar-refractivity contribution in [3.63, 3.8) is 0 Å². The van der Waals surface area contributed by atoms with Crippen molar-refractivity contribution in [3.8, 4) is 11.5 Å². The van der Waals surface area contributed by atoms with Crippen LogP contribution < -0.4 is 9.64 Å². The van der Waals surface area contributed by atoms with Crippen LogP contribution in [-0.2, 0) is 10.1 Å². The molecule has 1 aliphatic heterocycles. The summed E-state index contributed by atoms with van der Waals surface area (Å²) in [6.07, 6.45) is 0.313. The third-order valence-electron chi connectivity index (χ3n) is 3.38. The van der Waals surface area contributed by atoms with Crippen LogP contribution in [0.4, 0.5) is 11.4 Å². The molecule has 1 aliphatic rings. The van der Waals surface area contributed by atoms with Crippen molar-refractivity contribution >= 4 is 37.4 Å². The Morgan fingerprint density at radius 1 is 1.09 bits per heavy atom. The van der Waals surface area contributed by atoms with Gasteiger partial charge in [-0.2, -0.15) is 8.42 Å². The monoisotopic (exact) mass is 383 g/mol. The Hall–Kier alpha value is -1.57. The van der Waals surface area contributed by atoms with E-state index in [4.69, 9.17) is 9.29 Å². The number of hydrogen-bond acceptors (Lipinski definition) is 4. The van der Waals surface area contributed by atoms with E-state index in [1.165, 1.54) is 0 Å². The maximum Gasteiger partial charge on any atom is 0.264 e. The summed E-state index contributed by atoms with van der Waals surface area (Å²) >= 11 is 3.52. The molecule has 0 radical (unpaired) electrons. The Labute approximate surface area is 137 Å². The highest BCUT2D eigenvalue weighted by Gasteiger charge is 2.26. The van der Waals surface area contributed by atoms with Crippen molar-refractivity contribution < 1.29 is 17.7 Å². The molecule has 5 nitrogen and oxygen atoms in total. The van der Waals surface area contributed by atoms with Crippen LogP contribution in [0.5, 0.6) is 11.5 Å². The minimum absolute atomic E-state index is 0.272. The summed E-state index contributed by atoms with van der Waals surface area (Å²) in [5, 5.41) is 0. The zero-order valence-corrected chi connectivity index (χ0v) is 14.0. The first-order valence-corrected chi connectivity index (χ1v) is 9.14. The predicted octanol–water partition coefficient (Wildman–Crippen LogP) is 3.97. The SMILES string of the molecule is O=S(=O)(O)CCCN1c2ccccc2Oc2cccc(Br)c21. The van der Waals surface area contributed by atoms with Crippen molar-refractivity contribution in [2.45, 2.75) is 6.42 Å². The summed E-state index contributed by atoms with van der Waals surface area (Å²) in [6, 6.07) is 13.2. The molecule has 22 heavy (non-hydrogen) atoms. The number of ether oxygens (including phenoxy) is 1. The van der Waals surface area contributed by atoms with Gasteiger partial charge in [-0.3, -0.25) is 4.55 Å². The first kappa shape index (κ1) is 15.3. The molecule has 0 bridgehead atoms. The van der Waals surface area contributed by atoms with E-state index in [1.807, 2.05) is 47.4 Å². The van der Waals surface area contributed by atoms with Crippen molar-refractivity contribution in [2.75, 3.05) is 17.2 Å². The van der Waals surface area contributed by atoms with Gasteiger partial charge in [-0.15, -0.1) is 0 Å². The number of benzene rings is 2. The van der Waals surface area contributed by atoms with Gasteiger partial charge in [0, 0.05) is 11.0 Å². The zero-order valence-electron chi connectivity index (χ0n) is 11.6. The topological polar surface area (TPSA) is 66.8 Å². The Morgan fingerprint density at radius 3 is 2.59 bits per heavy atom. The molecule has 0 spiro atoms. The molecule has 2 aromatic carbocycles. The second-order valence-electron chi connectivity index (χ2n) is 4.95. The molecule has 0 fully saturated rings. The largest absolute Gasteiger partial charge is 0.453 e. The first-order chi connectivity index (χ1) is 10.5. The number of nitrogens with zero attached hydrogens (tertiary/aromatic N) is 1. The molecule has 0 atom stereocenters. The van der Waals surface area contributed by atoms with E-state index in [-0.39, 0.29) is 5.75 Å². The van der Waals surface area contributed by atoms with Gasteiger partial charge in [0.2, 0.25) is 0 Å². The van der Waals surface area contributed by atoms with Gasteiger partial charge in [-0.05, 0) is 46.6 Å². The lowest BCUT2D eigenvalue weighted by molar-refractivity contribution is 0.471. The van der Waals surface area contributed by atoms with Crippen molar-refractivity contribution in [1.29, 1.82) is 0 Å². The fraction of sp³-hybridized carbons (Fsp3) is 0.200. The predicted molar refractivity (Wildman–Crippen MR) is 88.7 cm³/mol. The zero-order chi connectivity index (χ0) is 15.7. The summed E-state index contributed by atoms with van der Waals surface area (Å²) < 4.78 is 37.5. The average Bonchev–Trinajstić information content (AvgIpc) is 2.45. The second-order valence-corrected chi connectivity index (χ2v) is 7.37. The smallest absolute Gasteiger partial charge is 0.264 e. The highest BCUT2D eigenvalue weighted by Crippen LogP contribution is 2.49. The van der Waals surface area contributed by atoms with Gasteiger partial charge in [0.25, 0.3) is 10.1 Å². The first-order valence-electron chi connectivity index (χ1n) is 6.74. The van der Waals surface area contributed by atoms with Crippen LogP contribution in [-0.4, -0.2) is 25.3 Å². The molecule has 0 saturated heterocycles. The molecule has 0 aliphatic carbocycles. The Kier molecular flexibility index (Phi) is 4.12. The molecule has 3 rings (SSSR count). The molecule has 1 heterocycles. The van der Waals surface area contributed by atoms with Crippen LogP contribution in [0.15, 0.2) is 46.9 Å². The number of fused-ring (bicyclic) bond motifs is 2. The molecular formula is C15H14BrNO4S. The van der Waals surface area contributed by atoms with E-state index >= 15 is 0 Å². The van der Waals surface area contributed by atoms with E-state index < -0.39 is 10.1 Å². The molecule has 0 unspecified atom stereocenters. The Morgan fingerprint density at radius 2 is 1.82 bits per heavy atom. The Bertz CT molecular complexity index is 807. The lowest BCUT2D eigenvalue weighted by atomic mass is 10.1. The van der Waals surface area contributed by atoms with E-state index in [2.05, 4.69) is 15.9 Å². The van der Waals surface area contributed by atoms with Gasteiger partial charge >= 0.3 is 0 Å². The van der Waals surface area contributed by atoms with Gasteiger partial charge in [-0.25, -0.2) is 0 Å². The van der Waals surface area contributed by atoms with Crippen LogP contribution in [0.3, 0.4) is 0 Å². The van der Waals surface area contributed by atoms with Crippen molar-refractivity contribution in [1.82, 2.24) is 0 Å². The molecule has 1 N–H and O–H groups in total. The molecule has 2 aromatic rings. The molecule has 0 amide bonds. The normalized spacial score (nSPS) is 13.3. The standard InChI is InChI=1S/C15H14BrNO4S/c16-11-5-3-8-14-15(11)17(9-4-10-22(18,19)20)12-6-1-2-7-13(12)21-14/h1-3,5-8H,4,9-10H2,(H,18,19,20). The molecule has 7 heteroatoms. The van der Waals surface area contributed by atoms with Crippen molar-refractivity contribution in [2.24, 2.45) is 0 Å². The van der Waals surface area contributed by atoms with E-state index in [9.17, 15) is 8.42 Å². The summed E-state index contributed by atoms with van der Waals surface area (Å²) in [4.78, 5) is 2.00. The van der Waals surface area contributed by atoms with Gasteiger partial charge in [0.15, 0.2) is 11.5 Å². The van der Waals surface area contributed by atoms with E-state index in [0.717, 1.165) is 21.6 Å². The Balaban J connectivity index is 1.97. The molecular weight excluding hydrogens is 370 g/mol. The third-order valence-corrected chi connectivity index (χ3v) is 4.82. The minimum atomic E-state index is -3.96. The van der Waals surface area contributed by atoms with E-state index in [1.54, 1.807) is 0 Å². The van der Waals surface area contributed by atoms with Gasteiger partial charge in [-0.1, -0.05) is 18.2 Å². The quantitative estimate of drug-likeness (QED) is 0.808. The molecule has 0 saturated carbocycles. The fourth-order valence-corrected chi connectivity index (χ4v) is 3.54. The lowest BCUT2D eigenvalue weighted by Crippen LogP contribution is -2.24. The fourth-order valence-electron chi connectivity index (χ4n) is 2.48. The molecule has 116 valence electrons. The summed E-state index contributed by atoms with van der Waals surface area (Å²) in [5.74, 6) is 1.16. The number of para-hydroxylation sites is 3. The number of hydrogen-bond donors (Lipinski definition) is 1. The molecule has 0 aromatic heterocycles. The highest BCUT2D eigenvalue weighted by molar-refractivity contribution is 9.10. The third kappa shape index (κ3) is 3.11. The van der Waals surface area contributed by atoms with Crippen LogP contribution in [0.25, 0.3) is 0 Å². The summed E-state index contributed by atoms with van der Waals surface area (Å²) in [7, 11) is -3.96. The maximum absolute atomic E-state index is 10.9. The highest BCUT2D eigenvalue weighted by atomic mass is 79.9. The van der Waals surface area contributed by atoms with Crippen LogP contribution in [0.2, 0.25) is 0 Å². The van der Waals surface area contributed by atoms with E-state index in [0.29, 0.717) is 18.7 Å². The average molecular weight is 384 g/mol. The van der Waals surface area contributed by atoms with Crippen LogP contribution in [0.1, 0.15) is 6.42 Å². The van der Waals surface area contributed by atoms with Gasteiger partial charge < -0.3 is 9.64 Å². The maximum atomic E-state index is 10.9.